The van der Waals surface area contributed by atoms with E-state index in [4.69, 9.17) is 10.9 Å². The van der Waals surface area contributed by atoms with Crippen molar-refractivity contribution < 1.29 is 13.2 Å². The molecule has 0 saturated carbocycles. The Hall–Kier alpha value is -1.44. The van der Waals surface area contributed by atoms with E-state index >= 15 is 0 Å². The van der Waals surface area contributed by atoms with Crippen LogP contribution in [0, 0.1) is 5.92 Å². The van der Waals surface area contributed by atoms with Crippen LogP contribution in [0.1, 0.15) is 20.3 Å². The summed E-state index contributed by atoms with van der Waals surface area (Å²) in [6, 6.07) is 5.02. The van der Waals surface area contributed by atoms with Crippen molar-refractivity contribution in [2.75, 3.05) is 5.32 Å². The summed E-state index contributed by atoms with van der Waals surface area (Å²) in [5.41, 5.74) is 6.22. The summed E-state index contributed by atoms with van der Waals surface area (Å²) in [6.45, 7) is 3.96. The van der Waals surface area contributed by atoms with Gasteiger partial charge in [0, 0.05) is 5.69 Å². The molecular formula is C12H19N3O3S. The molecule has 0 aliphatic carbocycles. The topological polar surface area (TPSA) is 115 Å². The van der Waals surface area contributed by atoms with Crippen molar-refractivity contribution in [2.45, 2.75) is 31.2 Å². The lowest BCUT2D eigenvalue weighted by Gasteiger charge is -2.14. The first-order chi connectivity index (χ1) is 8.70. The molecule has 6 nitrogen and oxygen atoms in total. The van der Waals surface area contributed by atoms with Crippen LogP contribution in [0.2, 0.25) is 0 Å². The van der Waals surface area contributed by atoms with Gasteiger partial charge in [0.05, 0.1) is 10.9 Å². The number of anilines is 1. The van der Waals surface area contributed by atoms with Gasteiger partial charge in [-0.15, -0.1) is 0 Å². The lowest BCUT2D eigenvalue weighted by molar-refractivity contribution is -0.117. The molecule has 0 fully saturated rings. The van der Waals surface area contributed by atoms with Crippen molar-refractivity contribution >= 4 is 21.6 Å². The van der Waals surface area contributed by atoms with E-state index in [0.717, 1.165) is 0 Å². The van der Waals surface area contributed by atoms with E-state index in [9.17, 15) is 13.2 Å². The lowest BCUT2D eigenvalue weighted by atomic mass is 10.0. The van der Waals surface area contributed by atoms with Crippen LogP contribution in [-0.2, 0) is 14.8 Å². The third kappa shape index (κ3) is 4.98. The second-order valence-corrected chi connectivity index (χ2v) is 6.36. The SMILES string of the molecule is CC(C)C[C@H](N)C(=O)Nc1ccc(S(N)(=O)=O)cc1. The van der Waals surface area contributed by atoms with Gasteiger partial charge in [0.25, 0.3) is 0 Å². The molecule has 0 aliphatic heterocycles. The van der Waals surface area contributed by atoms with Gasteiger partial charge in [-0.25, -0.2) is 13.6 Å². The molecule has 1 aromatic carbocycles. The van der Waals surface area contributed by atoms with Crippen LogP contribution >= 0.6 is 0 Å². The standard InChI is InChI=1S/C12H19N3O3S/c1-8(2)7-11(13)12(16)15-9-3-5-10(6-4-9)19(14,17)18/h3-6,8,11H,7,13H2,1-2H3,(H,15,16)(H2,14,17,18)/t11-/m0/s1. The Morgan fingerprint density at radius 2 is 1.79 bits per heavy atom. The third-order valence-corrected chi connectivity index (χ3v) is 3.44. The first-order valence-corrected chi connectivity index (χ1v) is 7.44. The van der Waals surface area contributed by atoms with Gasteiger partial charge in [-0.2, -0.15) is 0 Å². The molecule has 0 aromatic heterocycles. The van der Waals surface area contributed by atoms with Crippen LogP contribution in [0.3, 0.4) is 0 Å². The number of amides is 1. The molecule has 0 heterocycles. The number of nitrogens with one attached hydrogen (secondary N) is 1. The van der Waals surface area contributed by atoms with Crippen molar-refractivity contribution in [3.05, 3.63) is 24.3 Å². The molecule has 0 unspecified atom stereocenters. The summed E-state index contributed by atoms with van der Waals surface area (Å²) < 4.78 is 22.1. The predicted octanol–water partition coefficient (Wildman–Crippen LogP) is 0.646. The maximum absolute atomic E-state index is 11.8. The van der Waals surface area contributed by atoms with Crippen molar-refractivity contribution in [2.24, 2.45) is 16.8 Å². The number of benzene rings is 1. The van der Waals surface area contributed by atoms with Gasteiger partial charge >= 0.3 is 0 Å². The first kappa shape index (κ1) is 15.6. The summed E-state index contributed by atoms with van der Waals surface area (Å²) in [7, 11) is -3.72. The Morgan fingerprint density at radius 3 is 2.21 bits per heavy atom. The quantitative estimate of drug-likeness (QED) is 0.736. The number of hydrogen-bond acceptors (Lipinski definition) is 4. The minimum absolute atomic E-state index is 0.00280. The number of primary sulfonamides is 1. The molecule has 0 saturated heterocycles. The van der Waals surface area contributed by atoms with E-state index in [1.165, 1.54) is 24.3 Å². The van der Waals surface area contributed by atoms with Gasteiger partial charge in [-0.3, -0.25) is 4.79 Å². The van der Waals surface area contributed by atoms with Gasteiger partial charge in [0.15, 0.2) is 0 Å². The molecule has 106 valence electrons. The molecule has 1 aromatic rings. The Labute approximate surface area is 113 Å². The van der Waals surface area contributed by atoms with Gasteiger partial charge in [-0.1, -0.05) is 13.8 Å². The Balaban J connectivity index is 2.71. The molecule has 0 aliphatic rings. The number of nitrogens with two attached hydrogens (primary N) is 2. The fourth-order valence-electron chi connectivity index (χ4n) is 1.58. The molecule has 19 heavy (non-hydrogen) atoms. The van der Waals surface area contributed by atoms with Gasteiger partial charge in [-0.05, 0) is 36.6 Å². The monoisotopic (exact) mass is 285 g/mol. The maximum Gasteiger partial charge on any atom is 0.241 e. The third-order valence-electron chi connectivity index (χ3n) is 2.51. The van der Waals surface area contributed by atoms with E-state index in [1.807, 2.05) is 13.8 Å². The van der Waals surface area contributed by atoms with Crippen molar-refractivity contribution in [1.82, 2.24) is 0 Å². The van der Waals surface area contributed by atoms with Crippen molar-refractivity contribution in [3.63, 3.8) is 0 Å². The van der Waals surface area contributed by atoms with E-state index < -0.39 is 16.1 Å². The first-order valence-electron chi connectivity index (χ1n) is 5.89. The average Bonchev–Trinajstić information content (AvgIpc) is 2.27. The molecule has 7 heteroatoms. The van der Waals surface area contributed by atoms with E-state index in [-0.39, 0.29) is 10.8 Å². The minimum atomic E-state index is -3.72. The fourth-order valence-corrected chi connectivity index (χ4v) is 2.09. The number of sulfonamides is 1. The Bertz CT molecular complexity index is 538. The average molecular weight is 285 g/mol. The summed E-state index contributed by atoms with van der Waals surface area (Å²) >= 11 is 0. The summed E-state index contributed by atoms with van der Waals surface area (Å²) in [5.74, 6) is 0.0302. The zero-order valence-corrected chi connectivity index (χ0v) is 11.8. The van der Waals surface area contributed by atoms with Crippen molar-refractivity contribution in [1.29, 1.82) is 0 Å². The Morgan fingerprint density at radius 1 is 1.26 bits per heavy atom. The number of carbonyl (C=O) groups is 1. The zero-order chi connectivity index (χ0) is 14.6. The smallest absolute Gasteiger partial charge is 0.241 e. The van der Waals surface area contributed by atoms with Gasteiger partial charge in [0.1, 0.15) is 0 Å². The lowest BCUT2D eigenvalue weighted by Crippen LogP contribution is -2.36. The number of hydrogen-bond donors (Lipinski definition) is 3. The highest BCUT2D eigenvalue weighted by molar-refractivity contribution is 7.89. The van der Waals surface area contributed by atoms with E-state index in [2.05, 4.69) is 5.32 Å². The number of carbonyl (C=O) groups excluding carboxylic acids is 1. The molecule has 1 rings (SSSR count). The molecule has 0 spiro atoms. The van der Waals surface area contributed by atoms with Crippen molar-refractivity contribution in [3.8, 4) is 0 Å². The number of rotatable bonds is 5. The van der Waals surface area contributed by atoms with E-state index in [1.54, 1.807) is 0 Å². The minimum Gasteiger partial charge on any atom is -0.325 e. The summed E-state index contributed by atoms with van der Waals surface area (Å²) in [5, 5.41) is 7.60. The van der Waals surface area contributed by atoms with Crippen LogP contribution in [-0.4, -0.2) is 20.4 Å². The molecule has 0 radical (unpaired) electrons. The maximum atomic E-state index is 11.8. The zero-order valence-electron chi connectivity index (χ0n) is 11.0. The Kier molecular flexibility index (Phi) is 5.04. The van der Waals surface area contributed by atoms with Crippen LogP contribution < -0.4 is 16.2 Å². The molecular weight excluding hydrogens is 266 g/mol. The second-order valence-electron chi connectivity index (χ2n) is 4.79. The predicted molar refractivity (Wildman–Crippen MR) is 73.9 cm³/mol. The largest absolute Gasteiger partial charge is 0.325 e. The van der Waals surface area contributed by atoms with Gasteiger partial charge in [0.2, 0.25) is 15.9 Å². The van der Waals surface area contributed by atoms with Crippen LogP contribution in [0.4, 0.5) is 5.69 Å². The molecule has 0 bridgehead atoms. The van der Waals surface area contributed by atoms with Crippen LogP contribution in [0.25, 0.3) is 0 Å². The molecule has 1 amide bonds. The highest BCUT2D eigenvalue weighted by Gasteiger charge is 2.15. The van der Waals surface area contributed by atoms with Crippen LogP contribution in [0.15, 0.2) is 29.2 Å². The summed E-state index contributed by atoms with van der Waals surface area (Å²) in [4.78, 5) is 11.7. The highest BCUT2D eigenvalue weighted by atomic mass is 32.2. The normalized spacial score (nSPS) is 13.3. The molecule has 5 N–H and O–H groups in total. The summed E-state index contributed by atoms with van der Waals surface area (Å²) in [6.07, 6.45) is 0.584. The van der Waals surface area contributed by atoms with E-state index in [0.29, 0.717) is 18.0 Å². The fraction of sp³-hybridized carbons (Fsp3) is 0.417. The molecule has 1 atom stereocenters. The van der Waals surface area contributed by atoms with Crippen LogP contribution in [0.5, 0.6) is 0 Å². The van der Waals surface area contributed by atoms with Gasteiger partial charge < -0.3 is 11.1 Å². The highest BCUT2D eigenvalue weighted by Crippen LogP contribution is 2.13. The second kappa shape index (κ2) is 6.14.